The zero-order valence-corrected chi connectivity index (χ0v) is 19.7. The minimum absolute atomic E-state index is 0.376. The Balaban J connectivity index is 1.58. The maximum Gasteiger partial charge on any atom is 0.256 e. The maximum absolute atomic E-state index is 5.28. The van der Waals surface area contributed by atoms with E-state index in [-0.39, 0.29) is 0 Å². The van der Waals surface area contributed by atoms with Crippen molar-refractivity contribution in [3.8, 4) is 51.5 Å². The first-order valence-electron chi connectivity index (χ1n) is 11.2. The Kier molecular flexibility index (Phi) is 6.17. The first kappa shape index (κ1) is 22.2. The Labute approximate surface area is 203 Å². The zero-order valence-electron chi connectivity index (χ0n) is 19.7. The van der Waals surface area contributed by atoms with Gasteiger partial charge in [-0.25, -0.2) is 4.98 Å². The van der Waals surface area contributed by atoms with Crippen LogP contribution in [0.2, 0.25) is 0 Å². The summed E-state index contributed by atoms with van der Waals surface area (Å²) in [6.07, 6.45) is 2.81. The third kappa shape index (κ3) is 4.72. The number of hydrogen-bond donors (Lipinski definition) is 0. The summed E-state index contributed by atoms with van der Waals surface area (Å²) in [5.41, 5.74) is 4.66. The fraction of sp³-hybridized carbons (Fsp3) is 0.148. The van der Waals surface area contributed by atoms with Gasteiger partial charge in [0.2, 0.25) is 0 Å². The average Bonchev–Trinajstić information content (AvgIpc) is 3.43. The summed E-state index contributed by atoms with van der Waals surface area (Å²) in [5, 5.41) is 8.65. The van der Waals surface area contributed by atoms with Crippen LogP contribution in [0.1, 0.15) is 12.5 Å². The summed E-state index contributed by atoms with van der Waals surface area (Å²) in [7, 11) is 3.27. The SMILES string of the molecule is CCc1ccc(-c2cn(-c3nc(-c4ccc(OC)cc4)nc(-c4ccc(OC)cc4)n3)nn2)cc1. The Morgan fingerprint density at radius 2 is 1.17 bits per heavy atom. The second-order valence-corrected chi connectivity index (χ2v) is 7.84. The number of hydrogen-bond acceptors (Lipinski definition) is 7. The van der Waals surface area contributed by atoms with Crippen molar-refractivity contribution >= 4 is 0 Å². The molecule has 5 rings (SSSR count). The normalized spacial score (nSPS) is 10.8. The molecule has 2 heterocycles. The molecule has 0 aliphatic heterocycles. The van der Waals surface area contributed by atoms with Crippen molar-refractivity contribution in [3.05, 3.63) is 84.6 Å². The van der Waals surface area contributed by atoms with E-state index in [0.717, 1.165) is 40.3 Å². The van der Waals surface area contributed by atoms with Crippen LogP contribution in [0.4, 0.5) is 0 Å². The van der Waals surface area contributed by atoms with Crippen LogP contribution in [-0.2, 0) is 6.42 Å². The van der Waals surface area contributed by atoms with E-state index in [1.165, 1.54) is 5.56 Å². The van der Waals surface area contributed by atoms with Gasteiger partial charge in [-0.2, -0.15) is 14.6 Å². The maximum atomic E-state index is 5.28. The van der Waals surface area contributed by atoms with Gasteiger partial charge in [0.05, 0.1) is 20.4 Å². The van der Waals surface area contributed by atoms with Gasteiger partial charge >= 0.3 is 0 Å². The van der Waals surface area contributed by atoms with Gasteiger partial charge < -0.3 is 9.47 Å². The highest BCUT2D eigenvalue weighted by molar-refractivity contribution is 5.63. The average molecular weight is 465 g/mol. The summed E-state index contributed by atoms with van der Waals surface area (Å²) in [5.74, 6) is 2.93. The van der Waals surface area contributed by atoms with E-state index in [0.29, 0.717) is 17.6 Å². The van der Waals surface area contributed by atoms with Crippen molar-refractivity contribution in [3.63, 3.8) is 0 Å². The molecule has 0 spiro atoms. The molecule has 0 saturated carbocycles. The molecule has 2 aromatic heterocycles. The fourth-order valence-corrected chi connectivity index (χ4v) is 3.61. The molecule has 0 radical (unpaired) electrons. The van der Waals surface area contributed by atoms with Crippen LogP contribution in [-0.4, -0.2) is 44.2 Å². The first-order valence-corrected chi connectivity index (χ1v) is 11.2. The number of rotatable bonds is 7. The standard InChI is InChI=1S/C27H24N6O2/c1-4-18-5-7-19(8-6-18)24-17-33(32-31-24)27-29-25(20-9-13-22(34-2)14-10-20)28-26(30-27)21-11-15-23(35-3)16-12-21/h5-17H,4H2,1-3H3. The quantitative estimate of drug-likeness (QED) is 0.334. The van der Waals surface area contributed by atoms with E-state index in [2.05, 4.69) is 29.4 Å². The van der Waals surface area contributed by atoms with Crippen LogP contribution in [0, 0.1) is 0 Å². The van der Waals surface area contributed by atoms with Crippen molar-refractivity contribution in [2.24, 2.45) is 0 Å². The van der Waals surface area contributed by atoms with Gasteiger partial charge in [-0.3, -0.25) is 0 Å². The molecule has 8 heteroatoms. The zero-order chi connectivity index (χ0) is 24.2. The number of aromatic nitrogens is 6. The number of nitrogens with zero attached hydrogens (tertiary/aromatic N) is 6. The van der Waals surface area contributed by atoms with Gasteiger partial charge in [-0.15, -0.1) is 5.10 Å². The molecule has 5 aromatic rings. The van der Waals surface area contributed by atoms with Gasteiger partial charge in [-0.05, 0) is 60.5 Å². The third-order valence-corrected chi connectivity index (χ3v) is 5.68. The predicted molar refractivity (Wildman–Crippen MR) is 134 cm³/mol. The summed E-state index contributed by atoms with van der Waals surface area (Å²) < 4.78 is 12.1. The van der Waals surface area contributed by atoms with Crippen molar-refractivity contribution in [1.82, 2.24) is 29.9 Å². The van der Waals surface area contributed by atoms with Crippen LogP contribution < -0.4 is 9.47 Å². The topological polar surface area (TPSA) is 87.8 Å². The predicted octanol–water partition coefficient (Wildman–Crippen LogP) is 5.03. The van der Waals surface area contributed by atoms with Gasteiger partial charge in [-0.1, -0.05) is 36.4 Å². The minimum atomic E-state index is 0.376. The molecule has 0 saturated heterocycles. The number of ether oxygens (including phenoxy) is 2. The first-order chi connectivity index (χ1) is 17.2. The molecular weight excluding hydrogens is 440 g/mol. The number of benzene rings is 3. The molecular formula is C27H24N6O2. The van der Waals surface area contributed by atoms with E-state index in [9.17, 15) is 0 Å². The Morgan fingerprint density at radius 3 is 1.66 bits per heavy atom. The summed E-state index contributed by atoms with van der Waals surface area (Å²) in [4.78, 5) is 14.1. The van der Waals surface area contributed by atoms with E-state index in [1.54, 1.807) is 18.9 Å². The van der Waals surface area contributed by atoms with E-state index < -0.39 is 0 Å². The molecule has 3 aromatic carbocycles. The lowest BCUT2D eigenvalue weighted by Gasteiger charge is -2.08. The number of aryl methyl sites for hydroxylation is 1. The van der Waals surface area contributed by atoms with E-state index in [4.69, 9.17) is 24.4 Å². The summed E-state index contributed by atoms with van der Waals surface area (Å²) >= 11 is 0. The highest BCUT2D eigenvalue weighted by atomic mass is 16.5. The fourth-order valence-electron chi connectivity index (χ4n) is 3.61. The third-order valence-electron chi connectivity index (χ3n) is 5.68. The van der Waals surface area contributed by atoms with Gasteiger partial charge in [0.1, 0.15) is 17.2 Å². The molecule has 0 N–H and O–H groups in total. The van der Waals surface area contributed by atoms with E-state index >= 15 is 0 Å². The van der Waals surface area contributed by atoms with Crippen LogP contribution in [0.5, 0.6) is 11.5 Å². The largest absolute Gasteiger partial charge is 0.497 e. The second kappa shape index (κ2) is 9.72. The Bertz CT molecular complexity index is 1360. The van der Waals surface area contributed by atoms with Crippen LogP contribution in [0.15, 0.2) is 79.0 Å². The van der Waals surface area contributed by atoms with Gasteiger partial charge in [0.25, 0.3) is 5.95 Å². The molecule has 0 fully saturated rings. The molecule has 0 unspecified atom stereocenters. The molecule has 0 aliphatic rings. The molecule has 0 aliphatic carbocycles. The minimum Gasteiger partial charge on any atom is -0.497 e. The molecule has 174 valence electrons. The molecule has 35 heavy (non-hydrogen) atoms. The Morgan fingerprint density at radius 1 is 0.657 bits per heavy atom. The lowest BCUT2D eigenvalue weighted by molar-refractivity contribution is 0.415. The second-order valence-electron chi connectivity index (χ2n) is 7.84. The lowest BCUT2D eigenvalue weighted by atomic mass is 10.1. The highest BCUT2D eigenvalue weighted by Gasteiger charge is 2.14. The summed E-state index contributed by atoms with van der Waals surface area (Å²) in [6, 6.07) is 23.4. The van der Waals surface area contributed by atoms with Crippen LogP contribution in [0.3, 0.4) is 0 Å². The summed E-state index contributed by atoms with van der Waals surface area (Å²) in [6.45, 7) is 2.13. The van der Waals surface area contributed by atoms with E-state index in [1.807, 2.05) is 66.9 Å². The monoisotopic (exact) mass is 464 g/mol. The Hall–Kier alpha value is -4.59. The smallest absolute Gasteiger partial charge is 0.256 e. The van der Waals surface area contributed by atoms with Crippen LogP contribution >= 0.6 is 0 Å². The van der Waals surface area contributed by atoms with Crippen molar-refractivity contribution in [2.45, 2.75) is 13.3 Å². The highest BCUT2D eigenvalue weighted by Crippen LogP contribution is 2.25. The molecule has 8 nitrogen and oxygen atoms in total. The molecule has 0 bridgehead atoms. The molecule has 0 amide bonds. The van der Waals surface area contributed by atoms with Crippen molar-refractivity contribution < 1.29 is 9.47 Å². The van der Waals surface area contributed by atoms with Crippen molar-refractivity contribution in [1.29, 1.82) is 0 Å². The van der Waals surface area contributed by atoms with Gasteiger partial charge in [0, 0.05) is 16.7 Å². The van der Waals surface area contributed by atoms with Crippen molar-refractivity contribution in [2.75, 3.05) is 14.2 Å². The number of methoxy groups -OCH3 is 2. The lowest BCUT2D eigenvalue weighted by Crippen LogP contribution is -2.07. The molecule has 0 atom stereocenters. The van der Waals surface area contributed by atoms with Crippen LogP contribution in [0.25, 0.3) is 40.0 Å². The van der Waals surface area contributed by atoms with Gasteiger partial charge in [0.15, 0.2) is 11.6 Å².